The van der Waals surface area contributed by atoms with Crippen molar-refractivity contribution in [2.45, 2.75) is 28.5 Å². The summed E-state index contributed by atoms with van der Waals surface area (Å²) in [6.07, 6.45) is 0. The van der Waals surface area contributed by atoms with Crippen LogP contribution in [-0.4, -0.2) is 16.8 Å². The first kappa shape index (κ1) is 19.1. The summed E-state index contributed by atoms with van der Waals surface area (Å²) in [6.45, 7) is 3.53. The highest BCUT2D eigenvalue weighted by Crippen LogP contribution is 2.26. The maximum atomic E-state index is 12.8. The average molecular weight is 402 g/mol. The molecule has 5 nitrogen and oxygen atoms in total. The van der Waals surface area contributed by atoms with Gasteiger partial charge in [0.25, 0.3) is 10.0 Å². The van der Waals surface area contributed by atoms with E-state index in [4.69, 9.17) is 0 Å². The lowest BCUT2D eigenvalue weighted by atomic mass is 10.2. The number of benzene rings is 3. The summed E-state index contributed by atoms with van der Waals surface area (Å²) in [5.74, 6) is 0. The Labute approximate surface area is 159 Å². The number of hydrogen-bond donors (Lipinski definition) is 1. The van der Waals surface area contributed by atoms with Crippen LogP contribution in [0.4, 0.5) is 5.69 Å². The van der Waals surface area contributed by atoms with Crippen LogP contribution in [0.5, 0.6) is 0 Å². The zero-order valence-corrected chi connectivity index (χ0v) is 16.5. The highest BCUT2D eigenvalue weighted by molar-refractivity contribution is 7.93. The van der Waals surface area contributed by atoms with Crippen LogP contribution in [-0.2, 0) is 19.9 Å². The number of sulfonamides is 1. The lowest BCUT2D eigenvalue weighted by molar-refractivity contribution is 0.595. The summed E-state index contributed by atoms with van der Waals surface area (Å²) in [6, 6.07) is 18.9. The van der Waals surface area contributed by atoms with Crippen molar-refractivity contribution in [3.8, 4) is 0 Å². The first-order valence-corrected chi connectivity index (χ1v) is 11.2. The summed E-state index contributed by atoms with van der Waals surface area (Å²) in [5.41, 5.74) is 1.88. The summed E-state index contributed by atoms with van der Waals surface area (Å²) >= 11 is 0. The third-order valence-corrected chi connectivity index (χ3v) is 7.41. The molecule has 0 bridgehead atoms. The lowest BCUT2D eigenvalue weighted by Gasteiger charge is -2.13. The standard InChI is InChI=1S/C20H19NO4S2/c1-15-8-11-17(12-9-15)21-27(24,25)20-14-19(13-10-16(20)2)26(22,23)18-6-4-3-5-7-18/h3-14,21H,1-2H3. The quantitative estimate of drug-likeness (QED) is 0.702. The van der Waals surface area contributed by atoms with Crippen LogP contribution >= 0.6 is 0 Å². The van der Waals surface area contributed by atoms with Crippen LogP contribution in [0.15, 0.2) is 87.5 Å². The van der Waals surface area contributed by atoms with E-state index in [0.29, 0.717) is 11.3 Å². The first-order chi connectivity index (χ1) is 12.7. The van der Waals surface area contributed by atoms with Crippen molar-refractivity contribution in [1.82, 2.24) is 0 Å². The molecule has 3 rings (SSSR count). The van der Waals surface area contributed by atoms with Crippen molar-refractivity contribution in [1.29, 1.82) is 0 Å². The molecule has 0 saturated carbocycles. The Kier molecular flexibility index (Phi) is 5.08. The Morgan fingerprint density at radius 2 is 1.33 bits per heavy atom. The van der Waals surface area contributed by atoms with Crippen molar-refractivity contribution >= 4 is 25.5 Å². The number of aryl methyl sites for hydroxylation is 2. The van der Waals surface area contributed by atoms with Gasteiger partial charge in [0.2, 0.25) is 9.84 Å². The summed E-state index contributed by atoms with van der Waals surface area (Å²) in [5, 5.41) is 0. The highest BCUT2D eigenvalue weighted by Gasteiger charge is 2.23. The van der Waals surface area contributed by atoms with Gasteiger partial charge in [-0.15, -0.1) is 0 Å². The molecule has 0 aliphatic rings. The van der Waals surface area contributed by atoms with Gasteiger partial charge in [-0.3, -0.25) is 4.72 Å². The van der Waals surface area contributed by atoms with E-state index < -0.39 is 19.9 Å². The van der Waals surface area contributed by atoms with Crippen LogP contribution in [0.25, 0.3) is 0 Å². The Balaban J connectivity index is 2.04. The van der Waals surface area contributed by atoms with Gasteiger partial charge >= 0.3 is 0 Å². The van der Waals surface area contributed by atoms with Gasteiger partial charge in [0.05, 0.1) is 14.7 Å². The number of anilines is 1. The summed E-state index contributed by atoms with van der Waals surface area (Å²) in [4.78, 5) is -0.0210. The van der Waals surface area contributed by atoms with E-state index >= 15 is 0 Å². The molecule has 0 amide bonds. The molecule has 27 heavy (non-hydrogen) atoms. The predicted octanol–water partition coefficient (Wildman–Crippen LogP) is 3.94. The van der Waals surface area contributed by atoms with Crippen molar-refractivity contribution < 1.29 is 16.8 Å². The zero-order chi connectivity index (χ0) is 19.7. The minimum Gasteiger partial charge on any atom is -0.280 e. The Hall–Kier alpha value is -2.64. The van der Waals surface area contributed by atoms with E-state index in [0.717, 1.165) is 5.56 Å². The summed E-state index contributed by atoms with van der Waals surface area (Å²) < 4.78 is 53.7. The molecule has 0 atom stereocenters. The van der Waals surface area contributed by atoms with Gasteiger partial charge in [-0.2, -0.15) is 0 Å². The lowest BCUT2D eigenvalue weighted by Crippen LogP contribution is -2.15. The topological polar surface area (TPSA) is 80.3 Å². The van der Waals surface area contributed by atoms with Gasteiger partial charge in [0.1, 0.15) is 0 Å². The van der Waals surface area contributed by atoms with Gasteiger partial charge < -0.3 is 0 Å². The maximum absolute atomic E-state index is 12.8. The van der Waals surface area contributed by atoms with E-state index in [1.165, 1.54) is 30.3 Å². The van der Waals surface area contributed by atoms with Crippen molar-refractivity contribution in [2.24, 2.45) is 0 Å². The normalized spacial score (nSPS) is 11.9. The van der Waals surface area contributed by atoms with E-state index in [2.05, 4.69) is 4.72 Å². The fourth-order valence-electron chi connectivity index (χ4n) is 2.60. The van der Waals surface area contributed by atoms with E-state index in [1.807, 2.05) is 6.92 Å². The molecule has 3 aromatic rings. The average Bonchev–Trinajstić information content (AvgIpc) is 2.64. The molecule has 140 valence electrons. The minimum atomic E-state index is -3.94. The molecule has 3 aromatic carbocycles. The molecule has 0 unspecified atom stereocenters. The SMILES string of the molecule is Cc1ccc(NS(=O)(=O)c2cc(S(=O)(=O)c3ccccc3)ccc2C)cc1. The Morgan fingerprint density at radius 1 is 0.704 bits per heavy atom. The zero-order valence-electron chi connectivity index (χ0n) is 14.9. The molecule has 0 aliphatic heterocycles. The number of sulfone groups is 1. The van der Waals surface area contributed by atoms with Crippen LogP contribution in [0, 0.1) is 13.8 Å². The van der Waals surface area contributed by atoms with Crippen LogP contribution in [0.1, 0.15) is 11.1 Å². The van der Waals surface area contributed by atoms with Crippen molar-refractivity contribution in [3.05, 3.63) is 83.9 Å². The predicted molar refractivity (Wildman–Crippen MR) is 105 cm³/mol. The fourth-order valence-corrected chi connectivity index (χ4v) is 5.32. The van der Waals surface area contributed by atoms with Crippen LogP contribution < -0.4 is 4.72 Å². The molecular weight excluding hydrogens is 382 g/mol. The second-order valence-electron chi connectivity index (χ2n) is 6.22. The van der Waals surface area contributed by atoms with Gasteiger partial charge in [-0.05, 0) is 55.8 Å². The van der Waals surface area contributed by atoms with Crippen LogP contribution in [0.3, 0.4) is 0 Å². The maximum Gasteiger partial charge on any atom is 0.262 e. The Bertz CT molecular complexity index is 1170. The van der Waals surface area contributed by atoms with E-state index in [-0.39, 0.29) is 14.7 Å². The largest absolute Gasteiger partial charge is 0.280 e. The van der Waals surface area contributed by atoms with Gasteiger partial charge in [0.15, 0.2) is 0 Å². The van der Waals surface area contributed by atoms with E-state index in [1.54, 1.807) is 49.4 Å². The molecule has 0 saturated heterocycles. The highest BCUT2D eigenvalue weighted by atomic mass is 32.2. The molecule has 0 spiro atoms. The number of rotatable bonds is 5. The molecule has 1 N–H and O–H groups in total. The molecule has 0 heterocycles. The van der Waals surface area contributed by atoms with E-state index in [9.17, 15) is 16.8 Å². The molecule has 0 radical (unpaired) electrons. The fraction of sp³-hybridized carbons (Fsp3) is 0.100. The molecule has 7 heteroatoms. The molecule has 0 fully saturated rings. The number of nitrogens with one attached hydrogen (secondary N) is 1. The number of hydrogen-bond acceptors (Lipinski definition) is 4. The monoisotopic (exact) mass is 401 g/mol. The van der Waals surface area contributed by atoms with Crippen molar-refractivity contribution in [3.63, 3.8) is 0 Å². The first-order valence-electron chi connectivity index (χ1n) is 8.20. The Morgan fingerprint density at radius 3 is 1.96 bits per heavy atom. The van der Waals surface area contributed by atoms with Crippen LogP contribution in [0.2, 0.25) is 0 Å². The third kappa shape index (κ3) is 4.04. The second-order valence-corrected chi connectivity index (χ2v) is 9.82. The molecule has 0 aliphatic carbocycles. The molecular formula is C20H19NO4S2. The summed E-state index contributed by atoms with van der Waals surface area (Å²) in [7, 11) is -7.75. The smallest absolute Gasteiger partial charge is 0.262 e. The van der Waals surface area contributed by atoms with Crippen molar-refractivity contribution in [2.75, 3.05) is 4.72 Å². The minimum absolute atomic E-state index is 0.0661. The van der Waals surface area contributed by atoms with Gasteiger partial charge in [0, 0.05) is 5.69 Å². The second kappa shape index (κ2) is 7.17. The van der Waals surface area contributed by atoms with Gasteiger partial charge in [-0.1, -0.05) is 42.0 Å². The molecule has 0 aromatic heterocycles. The van der Waals surface area contributed by atoms with Gasteiger partial charge in [-0.25, -0.2) is 16.8 Å². The third-order valence-electron chi connectivity index (χ3n) is 4.12.